The van der Waals surface area contributed by atoms with Crippen molar-refractivity contribution < 1.29 is 4.79 Å². The van der Waals surface area contributed by atoms with Crippen LogP contribution in [0, 0.1) is 6.92 Å². The van der Waals surface area contributed by atoms with E-state index in [0.717, 1.165) is 22.6 Å². The molecule has 0 radical (unpaired) electrons. The number of carbonyl (C=O) groups is 1. The fourth-order valence-electron chi connectivity index (χ4n) is 2.00. The third-order valence-corrected chi connectivity index (χ3v) is 2.86. The van der Waals surface area contributed by atoms with Crippen LogP contribution in [0.3, 0.4) is 0 Å². The molecule has 0 aromatic heterocycles. The second-order valence-corrected chi connectivity index (χ2v) is 4.17. The van der Waals surface area contributed by atoms with Gasteiger partial charge in [0.1, 0.15) is 0 Å². The lowest BCUT2D eigenvalue weighted by molar-refractivity contribution is 0.102. The molecular weight excluding hydrogens is 212 g/mol. The Morgan fingerprint density at radius 1 is 0.882 bits per heavy atom. The molecule has 0 bridgehead atoms. The molecule has 1 aliphatic rings. The molecule has 1 aliphatic heterocycles. The Labute approximate surface area is 99.5 Å². The second-order valence-electron chi connectivity index (χ2n) is 4.17. The van der Waals surface area contributed by atoms with E-state index in [0.29, 0.717) is 5.56 Å². The van der Waals surface area contributed by atoms with Gasteiger partial charge in [-0.25, -0.2) is 0 Å². The quantitative estimate of drug-likeness (QED) is 0.720. The van der Waals surface area contributed by atoms with Gasteiger partial charge < -0.3 is 10.6 Å². The van der Waals surface area contributed by atoms with Gasteiger partial charge >= 0.3 is 0 Å². The van der Waals surface area contributed by atoms with Gasteiger partial charge in [-0.15, -0.1) is 0 Å². The van der Waals surface area contributed by atoms with Crippen LogP contribution >= 0.6 is 0 Å². The highest BCUT2D eigenvalue weighted by atomic mass is 16.1. The van der Waals surface area contributed by atoms with Crippen LogP contribution in [0.4, 0.5) is 17.1 Å². The van der Waals surface area contributed by atoms with E-state index in [9.17, 15) is 4.79 Å². The van der Waals surface area contributed by atoms with Crippen LogP contribution in [0.1, 0.15) is 15.9 Å². The zero-order valence-electron chi connectivity index (χ0n) is 9.45. The van der Waals surface area contributed by atoms with Gasteiger partial charge in [0.2, 0.25) is 0 Å². The van der Waals surface area contributed by atoms with Crippen LogP contribution in [-0.4, -0.2) is 5.91 Å². The van der Waals surface area contributed by atoms with Crippen molar-refractivity contribution in [3.63, 3.8) is 0 Å². The molecule has 3 nitrogen and oxygen atoms in total. The van der Waals surface area contributed by atoms with Gasteiger partial charge in [0.05, 0.1) is 22.6 Å². The number of carbonyl (C=O) groups excluding carboxylic acids is 1. The fourth-order valence-corrected chi connectivity index (χ4v) is 2.00. The number of hydrogen-bond donors (Lipinski definition) is 2. The van der Waals surface area contributed by atoms with Gasteiger partial charge in [-0.2, -0.15) is 0 Å². The van der Waals surface area contributed by atoms with E-state index in [4.69, 9.17) is 0 Å². The number of benzene rings is 2. The molecule has 0 saturated heterocycles. The first-order valence-electron chi connectivity index (χ1n) is 5.52. The van der Waals surface area contributed by atoms with Crippen molar-refractivity contribution in [2.24, 2.45) is 0 Å². The van der Waals surface area contributed by atoms with Gasteiger partial charge in [0.25, 0.3) is 5.91 Å². The third kappa shape index (κ3) is 1.65. The summed E-state index contributed by atoms with van der Waals surface area (Å²) in [7, 11) is 0. The van der Waals surface area contributed by atoms with Crippen molar-refractivity contribution in [2.45, 2.75) is 6.92 Å². The molecular formula is C14H12N2O. The van der Waals surface area contributed by atoms with Gasteiger partial charge in [-0.1, -0.05) is 18.2 Å². The number of para-hydroxylation sites is 2. The highest BCUT2D eigenvalue weighted by Crippen LogP contribution is 2.31. The lowest BCUT2D eigenvalue weighted by Gasteiger charge is -2.08. The fraction of sp³-hybridized carbons (Fsp3) is 0.0714. The molecule has 17 heavy (non-hydrogen) atoms. The summed E-state index contributed by atoms with van der Waals surface area (Å²) >= 11 is 0. The summed E-state index contributed by atoms with van der Waals surface area (Å²) < 4.78 is 0. The average molecular weight is 224 g/mol. The van der Waals surface area contributed by atoms with E-state index >= 15 is 0 Å². The zero-order valence-corrected chi connectivity index (χ0v) is 9.45. The van der Waals surface area contributed by atoms with Gasteiger partial charge in [-0.3, -0.25) is 4.79 Å². The molecule has 2 aromatic rings. The van der Waals surface area contributed by atoms with Crippen molar-refractivity contribution in [3.8, 4) is 0 Å². The molecule has 1 amide bonds. The van der Waals surface area contributed by atoms with Crippen molar-refractivity contribution in [1.82, 2.24) is 0 Å². The molecule has 2 aromatic carbocycles. The highest BCUT2D eigenvalue weighted by molar-refractivity contribution is 6.12. The van der Waals surface area contributed by atoms with E-state index in [1.165, 1.54) is 0 Å². The summed E-state index contributed by atoms with van der Waals surface area (Å²) in [5.74, 6) is -0.0718. The summed E-state index contributed by atoms with van der Waals surface area (Å²) in [6, 6.07) is 13.5. The number of rotatable bonds is 0. The van der Waals surface area contributed by atoms with E-state index in [1.807, 2.05) is 49.4 Å². The zero-order chi connectivity index (χ0) is 11.8. The first kappa shape index (κ1) is 9.90. The Morgan fingerprint density at radius 2 is 1.59 bits per heavy atom. The largest absolute Gasteiger partial charge is 0.353 e. The molecule has 0 atom stereocenters. The predicted molar refractivity (Wildman–Crippen MR) is 68.9 cm³/mol. The topological polar surface area (TPSA) is 41.1 Å². The molecule has 3 rings (SSSR count). The maximum absolute atomic E-state index is 12.0. The molecule has 0 saturated carbocycles. The Hall–Kier alpha value is -2.29. The van der Waals surface area contributed by atoms with Crippen LogP contribution in [0.25, 0.3) is 0 Å². The minimum Gasteiger partial charge on any atom is -0.353 e. The molecule has 84 valence electrons. The minimum atomic E-state index is -0.0718. The number of amides is 1. The number of fused-ring (bicyclic) bond motifs is 2. The summed E-state index contributed by atoms with van der Waals surface area (Å²) in [5, 5.41) is 6.19. The summed E-state index contributed by atoms with van der Waals surface area (Å²) in [5.41, 5.74) is 4.39. The van der Waals surface area contributed by atoms with Crippen molar-refractivity contribution >= 4 is 23.0 Å². The van der Waals surface area contributed by atoms with Crippen molar-refractivity contribution in [3.05, 3.63) is 53.6 Å². The normalized spacial score (nSPS) is 12.9. The minimum absolute atomic E-state index is 0.0718. The van der Waals surface area contributed by atoms with Crippen LogP contribution < -0.4 is 10.6 Å². The summed E-state index contributed by atoms with van der Waals surface area (Å²) in [6.07, 6.45) is 0. The molecule has 2 N–H and O–H groups in total. The van der Waals surface area contributed by atoms with Crippen LogP contribution in [0.2, 0.25) is 0 Å². The number of anilines is 3. The maximum Gasteiger partial charge on any atom is 0.257 e. The molecule has 3 heteroatoms. The predicted octanol–water partition coefficient (Wildman–Crippen LogP) is 3.30. The monoisotopic (exact) mass is 224 g/mol. The Morgan fingerprint density at radius 3 is 2.35 bits per heavy atom. The summed E-state index contributed by atoms with van der Waals surface area (Å²) in [4.78, 5) is 12.0. The Kier molecular flexibility index (Phi) is 2.11. The van der Waals surface area contributed by atoms with E-state index in [2.05, 4.69) is 10.6 Å². The molecule has 0 aliphatic carbocycles. The molecule has 1 heterocycles. The van der Waals surface area contributed by atoms with E-state index in [1.54, 1.807) is 0 Å². The number of nitrogens with one attached hydrogen (secondary N) is 2. The lowest BCUT2D eigenvalue weighted by Crippen LogP contribution is -2.10. The average Bonchev–Trinajstić information content (AvgIpc) is 2.44. The standard InChI is InChI=1S/C14H12N2O/c1-9-6-7-10-13(8-9)15-11-4-2-3-5-12(11)16-14(10)17/h2-8,15H,1H3,(H,16,17). The van der Waals surface area contributed by atoms with Crippen LogP contribution in [-0.2, 0) is 0 Å². The SMILES string of the molecule is Cc1ccc2c(c1)Nc1ccccc1NC2=O. The molecule has 0 spiro atoms. The van der Waals surface area contributed by atoms with Crippen LogP contribution in [0.15, 0.2) is 42.5 Å². The van der Waals surface area contributed by atoms with E-state index < -0.39 is 0 Å². The number of aryl methyl sites for hydroxylation is 1. The van der Waals surface area contributed by atoms with Gasteiger partial charge in [0.15, 0.2) is 0 Å². The van der Waals surface area contributed by atoms with Gasteiger partial charge in [-0.05, 0) is 36.8 Å². The van der Waals surface area contributed by atoms with Crippen molar-refractivity contribution in [2.75, 3.05) is 10.6 Å². The van der Waals surface area contributed by atoms with Crippen LogP contribution in [0.5, 0.6) is 0 Å². The lowest BCUT2D eigenvalue weighted by atomic mass is 10.1. The summed E-state index contributed by atoms with van der Waals surface area (Å²) in [6.45, 7) is 2.01. The Bertz CT molecular complexity index is 605. The van der Waals surface area contributed by atoms with Gasteiger partial charge in [0, 0.05) is 0 Å². The van der Waals surface area contributed by atoms with E-state index in [-0.39, 0.29) is 5.91 Å². The first-order chi connectivity index (χ1) is 8.24. The Balaban J connectivity index is 2.18. The molecule has 0 unspecified atom stereocenters. The highest BCUT2D eigenvalue weighted by Gasteiger charge is 2.17. The number of hydrogen-bond acceptors (Lipinski definition) is 2. The smallest absolute Gasteiger partial charge is 0.257 e. The maximum atomic E-state index is 12.0. The second kappa shape index (κ2) is 3.63. The molecule has 0 fully saturated rings. The van der Waals surface area contributed by atoms with Crippen molar-refractivity contribution in [1.29, 1.82) is 0 Å². The first-order valence-corrected chi connectivity index (χ1v) is 5.52. The third-order valence-electron chi connectivity index (χ3n) is 2.86.